The third-order valence-corrected chi connectivity index (χ3v) is 6.18. The highest BCUT2D eigenvalue weighted by atomic mass is 35.5. The number of hydrogen-bond donors (Lipinski definition) is 2. The Morgan fingerprint density at radius 3 is 2.76 bits per heavy atom. The predicted molar refractivity (Wildman–Crippen MR) is 118 cm³/mol. The van der Waals surface area contributed by atoms with E-state index < -0.39 is 0 Å². The number of carbonyl (C=O) groups excluding carboxylic acids is 1. The van der Waals surface area contributed by atoms with Crippen LogP contribution in [-0.4, -0.2) is 62.7 Å². The number of likely N-dealkylation sites (tertiary alicyclic amines) is 1. The maximum atomic E-state index is 11.7. The number of amides is 1. The molecule has 0 aromatic heterocycles. The minimum absolute atomic E-state index is 0.0963. The Kier molecular flexibility index (Phi) is 8.19. The summed E-state index contributed by atoms with van der Waals surface area (Å²) in [5, 5.41) is 7.56. The highest BCUT2D eigenvalue weighted by molar-refractivity contribution is 6.31. The van der Waals surface area contributed by atoms with Crippen molar-refractivity contribution in [1.29, 1.82) is 0 Å². The molecule has 0 aliphatic carbocycles. The summed E-state index contributed by atoms with van der Waals surface area (Å²) in [5.41, 5.74) is 1.07. The van der Waals surface area contributed by atoms with Crippen molar-refractivity contribution < 1.29 is 9.53 Å². The maximum absolute atomic E-state index is 11.7. The zero-order valence-electron chi connectivity index (χ0n) is 17.4. The predicted octanol–water partition coefficient (Wildman–Crippen LogP) is 2.96. The van der Waals surface area contributed by atoms with Gasteiger partial charge in [-0.25, -0.2) is 0 Å². The molecule has 2 saturated heterocycles. The van der Waals surface area contributed by atoms with Gasteiger partial charge in [-0.3, -0.25) is 9.79 Å². The molecule has 160 valence electrons. The van der Waals surface area contributed by atoms with Crippen molar-refractivity contribution in [3.63, 3.8) is 0 Å². The molecular weight excluding hydrogens is 388 g/mol. The summed E-state index contributed by atoms with van der Waals surface area (Å²) in [7, 11) is 0. The Hall–Kier alpha value is -1.79. The lowest BCUT2D eigenvalue weighted by Crippen LogP contribution is -2.42. The van der Waals surface area contributed by atoms with Gasteiger partial charge in [0.25, 0.3) is 0 Å². The Morgan fingerprint density at radius 1 is 1.28 bits per heavy atom. The number of hydrogen-bond acceptors (Lipinski definition) is 3. The molecule has 0 saturated carbocycles. The van der Waals surface area contributed by atoms with E-state index in [-0.39, 0.29) is 11.3 Å². The topological polar surface area (TPSA) is 66.0 Å². The van der Waals surface area contributed by atoms with E-state index in [4.69, 9.17) is 21.3 Å². The van der Waals surface area contributed by atoms with E-state index in [9.17, 15) is 4.79 Å². The van der Waals surface area contributed by atoms with Gasteiger partial charge in [0.15, 0.2) is 5.96 Å². The molecular formula is C22H33ClN4O2. The van der Waals surface area contributed by atoms with Gasteiger partial charge in [0.1, 0.15) is 0 Å². The van der Waals surface area contributed by atoms with E-state index in [1.54, 1.807) is 0 Å². The maximum Gasteiger partial charge on any atom is 0.222 e. The first-order valence-corrected chi connectivity index (χ1v) is 11.2. The van der Waals surface area contributed by atoms with Crippen molar-refractivity contribution in [2.45, 2.75) is 44.4 Å². The zero-order valence-corrected chi connectivity index (χ0v) is 18.1. The molecule has 0 spiro atoms. The van der Waals surface area contributed by atoms with Crippen LogP contribution < -0.4 is 10.6 Å². The number of ether oxygens (including phenoxy) is 1. The standard InChI is InChI=1S/C22H33ClN4O2/c1-2-24-21(25-12-6-14-27-13-5-9-20(27)28)26-17-22(10-15-29-16-11-22)18-7-3-4-8-19(18)23/h3-4,7-8H,2,5-6,9-17H2,1H3,(H2,24,25,26). The molecule has 7 heteroatoms. The van der Waals surface area contributed by atoms with Crippen LogP contribution in [0.3, 0.4) is 0 Å². The lowest BCUT2D eigenvalue weighted by Gasteiger charge is -2.37. The van der Waals surface area contributed by atoms with Crippen LogP contribution in [0, 0.1) is 0 Å². The normalized spacial score (nSPS) is 19.4. The molecule has 2 aliphatic rings. The molecule has 2 aliphatic heterocycles. The molecule has 0 bridgehead atoms. The summed E-state index contributed by atoms with van der Waals surface area (Å²) < 4.78 is 5.62. The third-order valence-electron chi connectivity index (χ3n) is 5.85. The Balaban J connectivity index is 1.61. The van der Waals surface area contributed by atoms with E-state index in [0.717, 1.165) is 81.6 Å². The second-order valence-electron chi connectivity index (χ2n) is 7.83. The van der Waals surface area contributed by atoms with Crippen LogP contribution >= 0.6 is 11.6 Å². The largest absolute Gasteiger partial charge is 0.381 e. The van der Waals surface area contributed by atoms with E-state index in [1.165, 1.54) is 0 Å². The average Bonchev–Trinajstić information content (AvgIpc) is 3.15. The highest BCUT2D eigenvalue weighted by Crippen LogP contribution is 2.38. The molecule has 29 heavy (non-hydrogen) atoms. The Labute approximate surface area is 179 Å². The van der Waals surface area contributed by atoms with Gasteiger partial charge in [-0.2, -0.15) is 0 Å². The molecule has 1 aromatic rings. The van der Waals surface area contributed by atoms with E-state index >= 15 is 0 Å². The van der Waals surface area contributed by atoms with Crippen molar-refractivity contribution in [3.05, 3.63) is 34.9 Å². The van der Waals surface area contributed by atoms with Crippen molar-refractivity contribution in [2.24, 2.45) is 4.99 Å². The number of nitrogens with zero attached hydrogens (tertiary/aromatic N) is 2. The number of benzene rings is 1. The molecule has 6 nitrogen and oxygen atoms in total. The van der Waals surface area contributed by atoms with Crippen LogP contribution in [0.1, 0.15) is 44.6 Å². The molecule has 2 N–H and O–H groups in total. The smallest absolute Gasteiger partial charge is 0.222 e. The number of carbonyl (C=O) groups is 1. The van der Waals surface area contributed by atoms with Gasteiger partial charge < -0.3 is 20.3 Å². The first-order valence-electron chi connectivity index (χ1n) is 10.8. The van der Waals surface area contributed by atoms with Crippen LogP contribution in [-0.2, 0) is 14.9 Å². The fourth-order valence-electron chi connectivity index (χ4n) is 4.16. The Bertz CT molecular complexity index is 704. The van der Waals surface area contributed by atoms with E-state index in [1.807, 2.05) is 23.1 Å². The lowest BCUT2D eigenvalue weighted by molar-refractivity contribution is -0.127. The average molecular weight is 421 g/mol. The SMILES string of the molecule is CCNC(=NCC1(c2ccccc2Cl)CCOCC1)NCCCN1CCCC1=O. The van der Waals surface area contributed by atoms with E-state index in [0.29, 0.717) is 13.0 Å². The number of aliphatic imine (C=N–C) groups is 1. The molecule has 0 unspecified atom stereocenters. The van der Waals surface area contributed by atoms with Crippen molar-refractivity contribution in [1.82, 2.24) is 15.5 Å². The van der Waals surface area contributed by atoms with Gasteiger partial charge in [-0.1, -0.05) is 29.8 Å². The van der Waals surface area contributed by atoms with Gasteiger partial charge in [0, 0.05) is 56.3 Å². The van der Waals surface area contributed by atoms with Gasteiger partial charge >= 0.3 is 0 Å². The fourth-order valence-corrected chi connectivity index (χ4v) is 4.49. The molecule has 2 heterocycles. The highest BCUT2D eigenvalue weighted by Gasteiger charge is 2.36. The monoisotopic (exact) mass is 420 g/mol. The first kappa shape index (κ1) is 21.9. The third kappa shape index (κ3) is 5.86. The first-order chi connectivity index (χ1) is 14.1. The summed E-state index contributed by atoms with van der Waals surface area (Å²) in [5.74, 6) is 1.10. The summed E-state index contributed by atoms with van der Waals surface area (Å²) >= 11 is 6.55. The number of guanidine groups is 1. The second-order valence-corrected chi connectivity index (χ2v) is 8.24. The van der Waals surface area contributed by atoms with Gasteiger partial charge in [0.2, 0.25) is 5.91 Å². The second kappa shape index (κ2) is 10.8. The van der Waals surface area contributed by atoms with E-state index in [2.05, 4.69) is 23.6 Å². The van der Waals surface area contributed by atoms with Gasteiger partial charge in [0.05, 0.1) is 6.54 Å². The molecule has 0 atom stereocenters. The van der Waals surface area contributed by atoms with Gasteiger partial charge in [-0.15, -0.1) is 0 Å². The minimum Gasteiger partial charge on any atom is -0.381 e. The van der Waals surface area contributed by atoms with Crippen LogP contribution in [0.15, 0.2) is 29.3 Å². The summed E-state index contributed by atoms with van der Waals surface area (Å²) in [6.07, 6.45) is 4.43. The zero-order chi connectivity index (χ0) is 20.5. The molecule has 1 aromatic carbocycles. The quantitative estimate of drug-likeness (QED) is 0.385. The summed E-state index contributed by atoms with van der Waals surface area (Å²) in [6.45, 7) is 7.50. The molecule has 1 amide bonds. The number of rotatable bonds is 8. The van der Waals surface area contributed by atoms with Crippen molar-refractivity contribution in [3.8, 4) is 0 Å². The number of halogens is 1. The van der Waals surface area contributed by atoms with Crippen LogP contribution in [0.2, 0.25) is 5.02 Å². The molecule has 0 radical (unpaired) electrons. The van der Waals surface area contributed by atoms with Crippen molar-refractivity contribution in [2.75, 3.05) is 45.9 Å². The Morgan fingerprint density at radius 2 is 2.07 bits per heavy atom. The molecule has 3 rings (SSSR count). The summed E-state index contributed by atoms with van der Waals surface area (Å²) in [6, 6.07) is 8.10. The minimum atomic E-state index is -0.0963. The summed E-state index contributed by atoms with van der Waals surface area (Å²) in [4.78, 5) is 18.6. The number of nitrogens with one attached hydrogen (secondary N) is 2. The molecule has 2 fully saturated rings. The van der Waals surface area contributed by atoms with Crippen LogP contribution in [0.5, 0.6) is 0 Å². The fraction of sp³-hybridized carbons (Fsp3) is 0.636. The lowest BCUT2D eigenvalue weighted by atomic mass is 9.74. The van der Waals surface area contributed by atoms with Crippen LogP contribution in [0.25, 0.3) is 0 Å². The van der Waals surface area contributed by atoms with Gasteiger partial charge in [-0.05, 0) is 44.2 Å². The van der Waals surface area contributed by atoms with Crippen molar-refractivity contribution >= 4 is 23.5 Å². The van der Waals surface area contributed by atoms with Crippen LogP contribution in [0.4, 0.5) is 0 Å².